The molecule has 3 heterocycles. The molecule has 7 heteroatoms. The Kier molecular flexibility index (Phi) is 6.56. The van der Waals surface area contributed by atoms with Gasteiger partial charge in [-0.2, -0.15) is 0 Å². The monoisotopic (exact) mass is 456 g/mol. The Balaban J connectivity index is 1.57. The predicted molar refractivity (Wildman–Crippen MR) is 133 cm³/mol. The molecule has 0 bridgehead atoms. The van der Waals surface area contributed by atoms with Gasteiger partial charge in [0.05, 0.1) is 24.3 Å². The minimum Gasteiger partial charge on any atom is -0.379 e. The van der Waals surface area contributed by atoms with E-state index in [4.69, 9.17) is 4.74 Å². The molecule has 174 valence electrons. The number of H-pyrrole nitrogens is 1. The number of ether oxygens (including phenoxy) is 1. The molecule has 0 aliphatic carbocycles. The number of benzene rings is 2. The summed E-state index contributed by atoms with van der Waals surface area (Å²) in [5.41, 5.74) is 3.34. The van der Waals surface area contributed by atoms with Gasteiger partial charge in [0.25, 0.3) is 11.5 Å². The number of amides is 1. The maximum atomic E-state index is 13.9. The minimum absolute atomic E-state index is 0.156. The van der Waals surface area contributed by atoms with Crippen molar-refractivity contribution in [3.63, 3.8) is 0 Å². The molecule has 2 N–H and O–H groups in total. The fourth-order valence-electron chi connectivity index (χ4n) is 4.52. The van der Waals surface area contributed by atoms with Crippen LogP contribution in [0.2, 0.25) is 0 Å². The van der Waals surface area contributed by atoms with Crippen LogP contribution in [-0.2, 0) is 17.8 Å². The van der Waals surface area contributed by atoms with Crippen LogP contribution in [0.25, 0.3) is 22.0 Å². The molecular formula is C27H28N4O3. The lowest BCUT2D eigenvalue weighted by atomic mass is 10.0. The van der Waals surface area contributed by atoms with Gasteiger partial charge in [0.15, 0.2) is 0 Å². The molecule has 2 aromatic carbocycles. The third kappa shape index (κ3) is 4.53. The Labute approximate surface area is 198 Å². The molecule has 0 saturated carbocycles. The second-order valence-electron chi connectivity index (χ2n) is 8.44. The third-order valence-electron chi connectivity index (χ3n) is 6.30. The molecule has 5 rings (SSSR count). The normalized spacial score (nSPS) is 14.4. The van der Waals surface area contributed by atoms with Crippen molar-refractivity contribution in [3.8, 4) is 11.1 Å². The predicted octanol–water partition coefficient (Wildman–Crippen LogP) is 3.26. The highest BCUT2D eigenvalue weighted by molar-refractivity contribution is 6.08. The molecular weight excluding hydrogens is 428 g/mol. The highest BCUT2D eigenvalue weighted by atomic mass is 16.5. The summed E-state index contributed by atoms with van der Waals surface area (Å²) in [4.78, 5) is 32.9. The van der Waals surface area contributed by atoms with Gasteiger partial charge in [0.2, 0.25) is 0 Å². The van der Waals surface area contributed by atoms with Crippen LogP contribution in [0.15, 0.2) is 77.7 Å². The van der Waals surface area contributed by atoms with Gasteiger partial charge in [-0.1, -0.05) is 60.7 Å². The van der Waals surface area contributed by atoms with E-state index in [-0.39, 0.29) is 11.5 Å². The standard InChI is InChI=1S/C27H28N4O3/c32-26(29-19-20-7-3-1-4-8-20)25-24-22(11-12-28-24)23(21-9-5-2-6-10-21)27(33)31(25)14-13-30-15-17-34-18-16-30/h1-12,28H,13-19H2,(H,29,32). The van der Waals surface area contributed by atoms with E-state index in [0.717, 1.165) is 29.6 Å². The van der Waals surface area contributed by atoms with Crippen LogP contribution in [-0.4, -0.2) is 53.2 Å². The molecule has 2 aromatic heterocycles. The van der Waals surface area contributed by atoms with E-state index in [0.29, 0.717) is 49.6 Å². The summed E-state index contributed by atoms with van der Waals surface area (Å²) in [6, 6.07) is 21.3. The van der Waals surface area contributed by atoms with Crippen LogP contribution >= 0.6 is 0 Å². The maximum Gasteiger partial charge on any atom is 0.270 e. The van der Waals surface area contributed by atoms with Crippen molar-refractivity contribution in [2.75, 3.05) is 32.8 Å². The van der Waals surface area contributed by atoms with Crippen molar-refractivity contribution in [3.05, 3.63) is 94.5 Å². The number of fused-ring (bicyclic) bond motifs is 1. The molecule has 0 radical (unpaired) electrons. The Morgan fingerprint density at radius 1 is 0.941 bits per heavy atom. The topological polar surface area (TPSA) is 79.4 Å². The van der Waals surface area contributed by atoms with E-state index in [1.807, 2.05) is 66.7 Å². The fourth-order valence-corrected chi connectivity index (χ4v) is 4.52. The van der Waals surface area contributed by atoms with Crippen molar-refractivity contribution in [2.24, 2.45) is 0 Å². The van der Waals surface area contributed by atoms with Crippen molar-refractivity contribution in [2.45, 2.75) is 13.1 Å². The second kappa shape index (κ2) is 10.1. The van der Waals surface area contributed by atoms with Gasteiger partial charge in [-0.25, -0.2) is 0 Å². The number of nitrogens with zero attached hydrogens (tertiary/aromatic N) is 2. The molecule has 34 heavy (non-hydrogen) atoms. The lowest BCUT2D eigenvalue weighted by molar-refractivity contribution is 0.0361. The summed E-state index contributed by atoms with van der Waals surface area (Å²) in [5, 5.41) is 3.76. The highest BCUT2D eigenvalue weighted by Crippen LogP contribution is 2.27. The molecule has 4 aromatic rings. The molecule has 1 aliphatic heterocycles. The van der Waals surface area contributed by atoms with Gasteiger partial charge in [-0.3, -0.25) is 14.5 Å². The molecule has 1 saturated heterocycles. The summed E-state index contributed by atoms with van der Waals surface area (Å²) >= 11 is 0. The molecule has 1 aliphatic rings. The number of nitrogens with one attached hydrogen (secondary N) is 2. The SMILES string of the molecule is O=C(NCc1ccccc1)c1c2[nH]ccc2c(-c2ccccc2)c(=O)n1CCN1CCOCC1. The van der Waals surface area contributed by atoms with Gasteiger partial charge < -0.3 is 19.6 Å². The Morgan fingerprint density at radius 3 is 2.38 bits per heavy atom. The first-order valence-electron chi connectivity index (χ1n) is 11.6. The first-order valence-corrected chi connectivity index (χ1v) is 11.6. The largest absolute Gasteiger partial charge is 0.379 e. The van der Waals surface area contributed by atoms with Crippen LogP contribution in [0.3, 0.4) is 0 Å². The molecule has 7 nitrogen and oxygen atoms in total. The second-order valence-corrected chi connectivity index (χ2v) is 8.44. The van der Waals surface area contributed by atoms with Crippen LogP contribution in [0, 0.1) is 0 Å². The number of aromatic amines is 1. The summed E-state index contributed by atoms with van der Waals surface area (Å²) in [7, 11) is 0. The van der Waals surface area contributed by atoms with Crippen LogP contribution in [0.4, 0.5) is 0 Å². The van der Waals surface area contributed by atoms with E-state index < -0.39 is 0 Å². The minimum atomic E-state index is -0.269. The van der Waals surface area contributed by atoms with Crippen LogP contribution < -0.4 is 10.9 Å². The van der Waals surface area contributed by atoms with E-state index in [2.05, 4.69) is 15.2 Å². The fraction of sp³-hybridized carbons (Fsp3) is 0.259. The Morgan fingerprint density at radius 2 is 1.65 bits per heavy atom. The highest BCUT2D eigenvalue weighted by Gasteiger charge is 2.23. The summed E-state index contributed by atoms with van der Waals surface area (Å²) in [5.74, 6) is -0.269. The van der Waals surface area contributed by atoms with Crippen molar-refractivity contribution < 1.29 is 9.53 Å². The van der Waals surface area contributed by atoms with E-state index in [1.54, 1.807) is 10.8 Å². The summed E-state index contributed by atoms with van der Waals surface area (Å²) < 4.78 is 7.09. The molecule has 1 fully saturated rings. The number of carbonyl (C=O) groups excluding carboxylic acids is 1. The number of morpholine rings is 1. The maximum absolute atomic E-state index is 13.9. The number of rotatable bonds is 7. The summed E-state index contributed by atoms with van der Waals surface area (Å²) in [6.45, 7) is 4.49. The lowest BCUT2D eigenvalue weighted by Crippen LogP contribution is -2.41. The van der Waals surface area contributed by atoms with E-state index in [1.165, 1.54) is 0 Å². The van der Waals surface area contributed by atoms with Gasteiger partial charge in [-0.05, 0) is 17.2 Å². The molecule has 0 atom stereocenters. The van der Waals surface area contributed by atoms with E-state index in [9.17, 15) is 9.59 Å². The van der Waals surface area contributed by atoms with Gasteiger partial charge in [0, 0.05) is 44.3 Å². The van der Waals surface area contributed by atoms with Crippen LogP contribution in [0.1, 0.15) is 16.1 Å². The first-order chi connectivity index (χ1) is 16.7. The Bertz CT molecular complexity index is 1320. The van der Waals surface area contributed by atoms with Gasteiger partial charge in [0.1, 0.15) is 5.69 Å². The van der Waals surface area contributed by atoms with Gasteiger partial charge >= 0.3 is 0 Å². The Hall–Kier alpha value is -3.68. The third-order valence-corrected chi connectivity index (χ3v) is 6.30. The average molecular weight is 457 g/mol. The number of carbonyl (C=O) groups is 1. The molecule has 0 spiro atoms. The smallest absolute Gasteiger partial charge is 0.270 e. The number of hydrogen-bond acceptors (Lipinski definition) is 4. The van der Waals surface area contributed by atoms with Crippen molar-refractivity contribution in [1.29, 1.82) is 0 Å². The van der Waals surface area contributed by atoms with E-state index >= 15 is 0 Å². The first kappa shape index (κ1) is 22.1. The zero-order valence-corrected chi connectivity index (χ0v) is 19.0. The number of aromatic nitrogens is 2. The summed E-state index contributed by atoms with van der Waals surface area (Å²) in [6.07, 6.45) is 1.79. The molecule has 1 amide bonds. The van der Waals surface area contributed by atoms with Crippen LogP contribution in [0.5, 0.6) is 0 Å². The number of hydrogen-bond donors (Lipinski definition) is 2. The van der Waals surface area contributed by atoms with Gasteiger partial charge in [-0.15, -0.1) is 0 Å². The average Bonchev–Trinajstić information content (AvgIpc) is 3.36. The van der Waals surface area contributed by atoms with Crippen molar-refractivity contribution in [1.82, 2.24) is 19.8 Å². The quantitative estimate of drug-likeness (QED) is 0.447. The number of pyridine rings is 1. The van der Waals surface area contributed by atoms with Crippen molar-refractivity contribution >= 4 is 16.8 Å². The zero-order chi connectivity index (χ0) is 23.3. The molecule has 0 unspecified atom stereocenters. The lowest BCUT2D eigenvalue weighted by Gasteiger charge is -2.27. The zero-order valence-electron chi connectivity index (χ0n) is 19.0.